The molecule has 0 radical (unpaired) electrons. The average molecular weight is 792 g/mol. The van der Waals surface area contributed by atoms with Gasteiger partial charge in [0.05, 0.1) is 30.3 Å². The van der Waals surface area contributed by atoms with Crippen LogP contribution in [0.2, 0.25) is 0 Å². The first-order valence-electron chi connectivity index (χ1n) is 19.9. The molecule has 300 valence electrons. The molecular formula is C48H45N3O8. The zero-order valence-electron chi connectivity index (χ0n) is 32.7. The Balaban J connectivity index is 1.44. The van der Waals surface area contributed by atoms with Crippen LogP contribution in [0.5, 0.6) is 5.75 Å². The minimum atomic E-state index is -1.96. The Kier molecular flexibility index (Phi) is 11.2. The van der Waals surface area contributed by atoms with Gasteiger partial charge >= 0.3 is 12.1 Å². The predicted octanol–water partition coefficient (Wildman–Crippen LogP) is 6.99. The Hall–Kier alpha value is -6.48. The van der Waals surface area contributed by atoms with Crippen LogP contribution in [0, 0.1) is 17.8 Å². The van der Waals surface area contributed by atoms with Crippen molar-refractivity contribution in [2.45, 2.75) is 55.3 Å². The summed E-state index contributed by atoms with van der Waals surface area (Å²) in [6.07, 6.45) is 5.78. The van der Waals surface area contributed by atoms with Gasteiger partial charge in [0.25, 0.3) is 0 Å². The lowest BCUT2D eigenvalue weighted by molar-refractivity contribution is -0.178. The van der Waals surface area contributed by atoms with Gasteiger partial charge in [-0.3, -0.25) is 19.3 Å². The van der Waals surface area contributed by atoms with Crippen LogP contribution >= 0.6 is 0 Å². The molecule has 2 fully saturated rings. The van der Waals surface area contributed by atoms with Gasteiger partial charge in [0, 0.05) is 19.2 Å². The van der Waals surface area contributed by atoms with Crippen LogP contribution < -0.4 is 10.2 Å². The largest absolute Gasteiger partial charge is 0.508 e. The Labute approximate surface area is 343 Å². The van der Waals surface area contributed by atoms with Gasteiger partial charge in [-0.1, -0.05) is 96.8 Å². The van der Waals surface area contributed by atoms with Gasteiger partial charge in [0.2, 0.25) is 11.8 Å². The molecule has 3 aliphatic heterocycles. The van der Waals surface area contributed by atoms with Crippen LogP contribution in [0.3, 0.4) is 0 Å². The summed E-state index contributed by atoms with van der Waals surface area (Å²) < 4.78 is 17.2. The number of fused-ring (bicyclic) bond motifs is 3. The highest BCUT2D eigenvalue weighted by atomic mass is 16.6. The molecule has 0 bridgehead atoms. The van der Waals surface area contributed by atoms with Crippen molar-refractivity contribution in [1.29, 1.82) is 0 Å². The van der Waals surface area contributed by atoms with Crippen LogP contribution in [0.25, 0.3) is 0 Å². The number of morpholine rings is 1. The third-order valence-corrected chi connectivity index (χ3v) is 11.7. The first-order valence-corrected chi connectivity index (χ1v) is 19.9. The molecule has 59 heavy (non-hydrogen) atoms. The van der Waals surface area contributed by atoms with Crippen LogP contribution in [0.4, 0.5) is 10.5 Å². The molecule has 4 aromatic rings. The predicted molar refractivity (Wildman–Crippen MR) is 220 cm³/mol. The zero-order chi connectivity index (χ0) is 41.1. The fourth-order valence-corrected chi connectivity index (χ4v) is 9.29. The summed E-state index contributed by atoms with van der Waals surface area (Å²) in [5.41, 5.74) is 2.16. The summed E-state index contributed by atoms with van der Waals surface area (Å²) in [5, 5.41) is 13.5. The van der Waals surface area contributed by atoms with Gasteiger partial charge in [-0.25, -0.2) is 9.69 Å². The topological polar surface area (TPSA) is 135 Å². The van der Waals surface area contributed by atoms with E-state index in [0.717, 1.165) is 41.7 Å². The zero-order valence-corrected chi connectivity index (χ0v) is 32.7. The Morgan fingerprint density at radius 2 is 1.64 bits per heavy atom. The van der Waals surface area contributed by atoms with Gasteiger partial charge in [-0.15, -0.1) is 6.58 Å². The van der Waals surface area contributed by atoms with E-state index in [2.05, 4.69) is 29.8 Å². The number of carbonyl (C=O) groups is 4. The molecule has 1 aliphatic carbocycles. The van der Waals surface area contributed by atoms with Crippen LogP contribution in [0.15, 0.2) is 127 Å². The number of phenols is 1. The third kappa shape index (κ3) is 6.98. The van der Waals surface area contributed by atoms with E-state index in [0.29, 0.717) is 22.3 Å². The number of anilines is 1. The van der Waals surface area contributed by atoms with E-state index in [-0.39, 0.29) is 31.2 Å². The minimum absolute atomic E-state index is 0.0199. The molecule has 8 rings (SSSR count). The van der Waals surface area contributed by atoms with Crippen LogP contribution in [-0.2, 0) is 34.0 Å². The standard InChI is InChI=1S/C48H45N3O8/c1-3-27-49-44(53)39-41-45(54)59-42(34-17-11-6-12-18-34)40(33-15-9-5-10-16-33)51(41)43(35-22-24-36(52)25-23-35)48(39)37-30-32(20-19-31-13-7-4-8-14-31)21-26-38(37)50(46(48)55)47(56)58-29-28-57-2/h3,5-6,9-13,15-18,21-26,30,39-43,52H,1,4,7-8,14,27-29H2,2H3,(H,49,53)/t39-,40-,41-,42+,43+,48-/m1/s1. The van der Waals surface area contributed by atoms with E-state index in [1.54, 1.807) is 30.3 Å². The summed E-state index contributed by atoms with van der Waals surface area (Å²) in [7, 11) is 1.47. The molecule has 1 spiro atoms. The number of nitrogens with zero attached hydrogens (tertiary/aromatic N) is 2. The highest BCUT2D eigenvalue weighted by Gasteiger charge is 2.75. The second-order valence-electron chi connectivity index (χ2n) is 15.1. The van der Waals surface area contributed by atoms with Crippen molar-refractivity contribution in [3.63, 3.8) is 0 Å². The number of aromatic hydroxyl groups is 1. The summed E-state index contributed by atoms with van der Waals surface area (Å²) in [4.78, 5) is 63.2. The number of rotatable bonds is 9. The number of imide groups is 1. The van der Waals surface area contributed by atoms with Gasteiger partial charge in [-0.2, -0.15) is 0 Å². The second-order valence-corrected chi connectivity index (χ2v) is 15.1. The lowest BCUT2D eigenvalue weighted by Gasteiger charge is -2.46. The van der Waals surface area contributed by atoms with E-state index in [9.17, 15) is 14.7 Å². The average Bonchev–Trinajstić information content (AvgIpc) is 3.72. The van der Waals surface area contributed by atoms with Crippen LogP contribution in [0.1, 0.15) is 71.7 Å². The van der Waals surface area contributed by atoms with E-state index in [1.165, 1.54) is 25.3 Å². The summed E-state index contributed by atoms with van der Waals surface area (Å²) >= 11 is 0. The summed E-state index contributed by atoms with van der Waals surface area (Å²) in [5.74, 6) is 3.06. The van der Waals surface area contributed by atoms with E-state index >= 15 is 9.59 Å². The highest BCUT2D eigenvalue weighted by molar-refractivity contribution is 6.23. The smallest absolute Gasteiger partial charge is 0.421 e. The summed E-state index contributed by atoms with van der Waals surface area (Å²) in [6.45, 7) is 3.78. The molecular weight excluding hydrogens is 747 g/mol. The lowest BCUT2D eigenvalue weighted by Crippen LogP contribution is -2.55. The Morgan fingerprint density at radius 3 is 2.32 bits per heavy atom. The Bertz CT molecular complexity index is 2350. The van der Waals surface area contributed by atoms with Crippen molar-refractivity contribution in [1.82, 2.24) is 10.2 Å². The molecule has 0 unspecified atom stereocenters. The Morgan fingerprint density at radius 1 is 0.915 bits per heavy atom. The molecule has 11 nitrogen and oxygen atoms in total. The number of nitrogens with one attached hydrogen (secondary N) is 1. The van der Waals surface area contributed by atoms with Crippen molar-refractivity contribution < 1.29 is 38.5 Å². The molecule has 0 saturated carbocycles. The quantitative estimate of drug-likeness (QED) is 0.0796. The number of amides is 3. The molecule has 4 aromatic carbocycles. The van der Waals surface area contributed by atoms with Crippen LogP contribution in [-0.4, -0.2) is 66.8 Å². The molecule has 3 heterocycles. The van der Waals surface area contributed by atoms with Crippen molar-refractivity contribution >= 4 is 29.6 Å². The van der Waals surface area contributed by atoms with E-state index in [4.69, 9.17) is 14.2 Å². The number of phenolic OH excluding ortho intramolecular Hbond substituents is 1. The van der Waals surface area contributed by atoms with Gasteiger partial charge in [0.15, 0.2) is 0 Å². The molecule has 11 heteroatoms. The minimum Gasteiger partial charge on any atom is -0.508 e. The number of allylic oxidation sites excluding steroid dienone is 2. The fraction of sp³-hybridized carbons (Fsp3) is 0.292. The third-order valence-electron chi connectivity index (χ3n) is 11.7. The first kappa shape index (κ1) is 39.4. The van der Waals surface area contributed by atoms with Gasteiger partial charge in [-0.05, 0) is 83.8 Å². The molecule has 6 atom stereocenters. The van der Waals surface area contributed by atoms with Crippen molar-refractivity contribution in [3.05, 3.63) is 155 Å². The molecule has 0 aromatic heterocycles. The number of cyclic esters (lactones) is 1. The van der Waals surface area contributed by atoms with E-state index in [1.807, 2.05) is 65.6 Å². The number of hydrogen-bond donors (Lipinski definition) is 2. The fourth-order valence-electron chi connectivity index (χ4n) is 9.29. The number of methoxy groups -OCH3 is 1. The molecule has 3 amide bonds. The van der Waals surface area contributed by atoms with Gasteiger partial charge in [0.1, 0.15) is 29.9 Å². The normalized spacial score (nSPS) is 24.6. The monoisotopic (exact) mass is 791 g/mol. The second kappa shape index (κ2) is 16.8. The number of benzene rings is 4. The lowest BCUT2D eigenvalue weighted by atomic mass is 9.65. The highest BCUT2D eigenvalue weighted by Crippen LogP contribution is 2.66. The maximum atomic E-state index is 16.0. The molecule has 2 N–H and O–H groups in total. The molecule has 4 aliphatic rings. The van der Waals surface area contributed by atoms with Gasteiger partial charge < -0.3 is 24.6 Å². The number of ether oxygens (including phenoxy) is 3. The van der Waals surface area contributed by atoms with Crippen molar-refractivity contribution in [2.24, 2.45) is 5.92 Å². The van der Waals surface area contributed by atoms with E-state index < -0.39 is 59.4 Å². The molecule has 2 saturated heterocycles. The first-order chi connectivity index (χ1) is 28.8. The SMILES string of the molecule is C=CCNC(=O)[C@H]1[C@@H]2C(=O)O[C@@H](c3ccccc3)[C@@H](c3ccccc3)N2[C@@H](c2ccc(O)cc2)[C@]12C(=O)N(C(=O)OCCOC)c1ccc(C#CC3=CCCCC3)cc12. The number of esters is 1. The number of hydrogen-bond acceptors (Lipinski definition) is 9. The van der Waals surface area contributed by atoms with Crippen molar-refractivity contribution in [2.75, 3.05) is 31.8 Å². The maximum Gasteiger partial charge on any atom is 0.421 e. The van der Waals surface area contributed by atoms with Crippen molar-refractivity contribution in [3.8, 4) is 17.6 Å². The summed E-state index contributed by atoms with van der Waals surface area (Å²) in [6, 6.07) is 27.3. The number of carbonyl (C=O) groups excluding carboxylic acids is 4. The maximum absolute atomic E-state index is 16.0.